The lowest BCUT2D eigenvalue weighted by Crippen LogP contribution is -2.23. The Morgan fingerprint density at radius 1 is 1.32 bits per heavy atom. The van der Waals surface area contributed by atoms with Crippen molar-refractivity contribution < 1.29 is 9.90 Å². The summed E-state index contributed by atoms with van der Waals surface area (Å²) in [6.07, 6.45) is 6.33. The van der Waals surface area contributed by atoms with Gasteiger partial charge in [0.15, 0.2) is 0 Å². The molecule has 0 aliphatic heterocycles. The summed E-state index contributed by atoms with van der Waals surface area (Å²) in [5.41, 5.74) is 1.85. The number of carboxylic acids is 1. The molecule has 0 saturated carbocycles. The van der Waals surface area contributed by atoms with Crippen LogP contribution in [-0.2, 0) is 4.79 Å². The molecule has 0 aliphatic rings. The minimum atomic E-state index is -0.958. The summed E-state index contributed by atoms with van der Waals surface area (Å²) in [6.45, 7) is 8.91. The highest BCUT2D eigenvalue weighted by Gasteiger charge is 2.07. The molecule has 0 heterocycles. The first-order valence-electron chi connectivity index (χ1n) is 5.75. The van der Waals surface area contributed by atoms with Gasteiger partial charge in [-0.25, -0.2) is 4.79 Å². The molecule has 1 N–H and O–H groups in total. The van der Waals surface area contributed by atoms with Gasteiger partial charge in [-0.1, -0.05) is 18.2 Å². The van der Waals surface area contributed by atoms with Gasteiger partial charge in [0.25, 0.3) is 0 Å². The number of carboxylic acid groups (broad SMARTS) is 1. The fourth-order valence-corrected chi connectivity index (χ4v) is 2.28. The molecule has 100 valence electrons. The molecule has 0 unspecified atom stereocenters. The molecule has 1 rings (SSSR count). The van der Waals surface area contributed by atoms with Crippen molar-refractivity contribution in [1.82, 2.24) is 0 Å². The summed E-state index contributed by atoms with van der Waals surface area (Å²) in [5.74, 6) is -0.958. The van der Waals surface area contributed by atoms with Gasteiger partial charge in [0.05, 0.1) is 5.69 Å². The Balaban J connectivity index is 3.00. The van der Waals surface area contributed by atoms with Crippen molar-refractivity contribution in [2.45, 2.75) is 0 Å². The van der Waals surface area contributed by atoms with Crippen LogP contribution >= 0.6 is 15.9 Å². The fraction of sp³-hybridized carbons (Fsp3) is 0.133. The first kappa shape index (κ1) is 15.2. The Kier molecular flexibility index (Phi) is 6.09. The normalized spacial score (nSPS) is 10.4. The zero-order chi connectivity index (χ0) is 14.3. The average molecular weight is 322 g/mol. The van der Waals surface area contributed by atoms with Crippen LogP contribution in [0.15, 0.2) is 54.1 Å². The standard InChI is InChI=1S/C15H16BrNO2/c1-3-9-17(10-4-2)14-7-5-12(11-13(14)16)6-8-15(18)19/h3-8,11H,1-2,9-10H2,(H,18,19)/b8-6+. The molecule has 0 spiro atoms. The minimum Gasteiger partial charge on any atom is -0.478 e. The van der Waals surface area contributed by atoms with Crippen molar-refractivity contribution in [3.05, 3.63) is 59.6 Å². The molecule has 0 bridgehead atoms. The van der Waals surface area contributed by atoms with Gasteiger partial charge < -0.3 is 10.0 Å². The number of halogens is 1. The number of rotatable bonds is 7. The van der Waals surface area contributed by atoms with Crippen LogP contribution in [0.5, 0.6) is 0 Å². The first-order valence-corrected chi connectivity index (χ1v) is 6.55. The van der Waals surface area contributed by atoms with E-state index in [-0.39, 0.29) is 0 Å². The molecule has 19 heavy (non-hydrogen) atoms. The van der Waals surface area contributed by atoms with Crippen LogP contribution in [0, 0.1) is 0 Å². The minimum absolute atomic E-state index is 0.717. The topological polar surface area (TPSA) is 40.5 Å². The number of nitrogens with zero attached hydrogens (tertiary/aromatic N) is 1. The third kappa shape index (κ3) is 4.75. The van der Waals surface area contributed by atoms with E-state index in [0.717, 1.165) is 34.9 Å². The summed E-state index contributed by atoms with van der Waals surface area (Å²) in [5, 5.41) is 8.60. The van der Waals surface area contributed by atoms with E-state index >= 15 is 0 Å². The van der Waals surface area contributed by atoms with Crippen LogP contribution in [0.25, 0.3) is 6.08 Å². The highest BCUT2D eigenvalue weighted by molar-refractivity contribution is 9.10. The van der Waals surface area contributed by atoms with Gasteiger partial charge in [-0.05, 0) is 39.7 Å². The van der Waals surface area contributed by atoms with E-state index in [1.807, 2.05) is 30.4 Å². The van der Waals surface area contributed by atoms with Crippen molar-refractivity contribution >= 4 is 33.7 Å². The van der Waals surface area contributed by atoms with E-state index in [0.29, 0.717) is 0 Å². The van der Waals surface area contributed by atoms with E-state index in [4.69, 9.17) is 5.11 Å². The average Bonchev–Trinajstić information content (AvgIpc) is 2.36. The van der Waals surface area contributed by atoms with Crippen molar-refractivity contribution in [2.75, 3.05) is 18.0 Å². The summed E-state index contributed by atoms with van der Waals surface area (Å²) >= 11 is 3.50. The molecule has 1 aromatic carbocycles. The van der Waals surface area contributed by atoms with Gasteiger partial charge in [-0.15, -0.1) is 13.2 Å². The van der Waals surface area contributed by atoms with Gasteiger partial charge in [0.1, 0.15) is 0 Å². The molecule has 0 amide bonds. The Labute approximate surface area is 121 Å². The van der Waals surface area contributed by atoms with Crippen molar-refractivity contribution in [3.63, 3.8) is 0 Å². The third-order valence-electron chi connectivity index (χ3n) is 2.43. The number of hydrogen-bond donors (Lipinski definition) is 1. The van der Waals surface area contributed by atoms with Crippen LogP contribution in [0.4, 0.5) is 5.69 Å². The number of hydrogen-bond acceptors (Lipinski definition) is 2. The molecule has 0 radical (unpaired) electrons. The van der Waals surface area contributed by atoms with Crippen LogP contribution in [0.2, 0.25) is 0 Å². The number of carbonyl (C=O) groups is 1. The van der Waals surface area contributed by atoms with E-state index < -0.39 is 5.97 Å². The van der Waals surface area contributed by atoms with E-state index in [1.165, 1.54) is 0 Å². The van der Waals surface area contributed by atoms with Crippen LogP contribution in [0.3, 0.4) is 0 Å². The second kappa shape index (κ2) is 7.59. The van der Waals surface area contributed by atoms with Gasteiger partial charge >= 0.3 is 5.97 Å². The predicted octanol–water partition coefficient (Wildman–Crippen LogP) is 3.73. The SMILES string of the molecule is C=CCN(CC=C)c1ccc(/C=C/C(=O)O)cc1Br. The highest BCUT2D eigenvalue weighted by Crippen LogP contribution is 2.27. The predicted molar refractivity (Wildman–Crippen MR) is 83.4 cm³/mol. The quantitative estimate of drug-likeness (QED) is 0.614. The Morgan fingerprint density at radius 2 is 1.95 bits per heavy atom. The molecule has 0 aliphatic carbocycles. The largest absolute Gasteiger partial charge is 0.478 e. The Morgan fingerprint density at radius 3 is 2.42 bits per heavy atom. The van der Waals surface area contributed by atoms with Crippen LogP contribution in [-0.4, -0.2) is 24.2 Å². The second-order valence-electron chi connectivity index (χ2n) is 3.86. The lowest BCUT2D eigenvalue weighted by molar-refractivity contribution is -0.131. The first-order chi connectivity index (χ1) is 9.08. The van der Waals surface area contributed by atoms with Gasteiger partial charge in [-0.3, -0.25) is 0 Å². The van der Waals surface area contributed by atoms with Gasteiger partial charge in [0.2, 0.25) is 0 Å². The summed E-state index contributed by atoms with van der Waals surface area (Å²) in [6, 6.07) is 5.70. The molecule has 4 heteroatoms. The molecule has 0 atom stereocenters. The number of aliphatic carboxylic acids is 1. The van der Waals surface area contributed by atoms with E-state index in [1.54, 1.807) is 6.08 Å². The van der Waals surface area contributed by atoms with Crippen LogP contribution in [0.1, 0.15) is 5.56 Å². The van der Waals surface area contributed by atoms with Crippen molar-refractivity contribution in [3.8, 4) is 0 Å². The third-order valence-corrected chi connectivity index (χ3v) is 3.06. The smallest absolute Gasteiger partial charge is 0.328 e. The van der Waals surface area contributed by atoms with Crippen molar-refractivity contribution in [2.24, 2.45) is 0 Å². The molecule has 3 nitrogen and oxygen atoms in total. The number of benzene rings is 1. The summed E-state index contributed by atoms with van der Waals surface area (Å²) in [4.78, 5) is 12.6. The van der Waals surface area contributed by atoms with E-state index in [2.05, 4.69) is 34.0 Å². The zero-order valence-electron chi connectivity index (χ0n) is 10.6. The Bertz CT molecular complexity index is 499. The molecule has 0 aromatic heterocycles. The monoisotopic (exact) mass is 321 g/mol. The molecular formula is C15H16BrNO2. The highest BCUT2D eigenvalue weighted by atomic mass is 79.9. The lowest BCUT2D eigenvalue weighted by atomic mass is 10.1. The maximum absolute atomic E-state index is 10.5. The maximum atomic E-state index is 10.5. The second-order valence-corrected chi connectivity index (χ2v) is 4.72. The molecule has 0 fully saturated rings. The molecule has 0 saturated heterocycles. The maximum Gasteiger partial charge on any atom is 0.328 e. The van der Waals surface area contributed by atoms with Crippen molar-refractivity contribution in [1.29, 1.82) is 0 Å². The zero-order valence-corrected chi connectivity index (χ0v) is 12.1. The lowest BCUT2D eigenvalue weighted by Gasteiger charge is -2.23. The van der Waals surface area contributed by atoms with Gasteiger partial charge in [0, 0.05) is 23.6 Å². The van der Waals surface area contributed by atoms with Gasteiger partial charge in [-0.2, -0.15) is 0 Å². The summed E-state index contributed by atoms with van der Waals surface area (Å²) in [7, 11) is 0. The van der Waals surface area contributed by atoms with Crippen LogP contribution < -0.4 is 4.90 Å². The van der Waals surface area contributed by atoms with E-state index in [9.17, 15) is 4.79 Å². The molecular weight excluding hydrogens is 306 g/mol. The number of anilines is 1. The Hall–Kier alpha value is -1.81. The summed E-state index contributed by atoms with van der Waals surface area (Å²) < 4.78 is 0.906. The fourth-order valence-electron chi connectivity index (χ4n) is 1.63. The molecule has 1 aromatic rings.